The number of aliphatic carboxylic acids is 2. The van der Waals surface area contributed by atoms with E-state index in [0.717, 1.165) is 6.92 Å². The predicted molar refractivity (Wildman–Crippen MR) is 83.6 cm³/mol. The lowest BCUT2D eigenvalue weighted by Crippen LogP contribution is -2.18. The van der Waals surface area contributed by atoms with Gasteiger partial charge in [-0.1, -0.05) is 49.0 Å². The van der Waals surface area contributed by atoms with Crippen LogP contribution in [0.5, 0.6) is 0 Å². The minimum absolute atomic E-state index is 0. The lowest BCUT2D eigenvalue weighted by atomic mass is 9.98. The highest BCUT2D eigenvalue weighted by atomic mass is 16.4. The Morgan fingerprint density at radius 3 is 0.842 bits per heavy atom. The van der Waals surface area contributed by atoms with Crippen molar-refractivity contribution in [3.8, 4) is 0 Å². The van der Waals surface area contributed by atoms with Crippen LogP contribution < -0.4 is 0 Å². The second kappa shape index (κ2) is 15.0. The second-order valence-electron chi connectivity index (χ2n) is 6.07. The van der Waals surface area contributed by atoms with E-state index in [9.17, 15) is 4.79 Å². The van der Waals surface area contributed by atoms with Crippen molar-refractivity contribution in [3.05, 3.63) is 0 Å². The van der Waals surface area contributed by atoms with Gasteiger partial charge in [0, 0.05) is 6.92 Å². The summed E-state index contributed by atoms with van der Waals surface area (Å²) < 4.78 is 0. The van der Waals surface area contributed by atoms with E-state index in [1.807, 2.05) is 13.8 Å². The monoisotopic (exact) mass is 280 g/mol. The molecule has 0 atom stereocenters. The molecule has 0 heterocycles. The molecule has 0 amide bonds. The van der Waals surface area contributed by atoms with E-state index in [4.69, 9.17) is 15.0 Å². The number of carboxylic acids is 2. The highest BCUT2D eigenvalue weighted by molar-refractivity contribution is 5.72. The van der Waals surface area contributed by atoms with Gasteiger partial charge in [0.25, 0.3) is 5.97 Å². The van der Waals surface area contributed by atoms with Gasteiger partial charge < -0.3 is 10.2 Å². The minimum atomic E-state index is -0.833. The van der Waals surface area contributed by atoms with Gasteiger partial charge in [-0.05, 0) is 26.2 Å². The number of hydrogen-bond acceptors (Lipinski definition) is 2. The average Bonchev–Trinajstić information content (AvgIpc) is 2.01. The van der Waals surface area contributed by atoms with Crippen molar-refractivity contribution in [1.82, 2.24) is 0 Å². The van der Waals surface area contributed by atoms with Crippen LogP contribution in [0.4, 0.5) is 0 Å². The van der Waals surface area contributed by atoms with E-state index >= 15 is 0 Å². The van der Waals surface area contributed by atoms with Gasteiger partial charge in [-0.2, -0.15) is 0 Å². The van der Waals surface area contributed by atoms with Crippen LogP contribution in [-0.2, 0) is 9.59 Å². The molecule has 0 fully saturated rings. The molecule has 19 heavy (non-hydrogen) atoms. The molecule has 0 radical (unpaired) electrons. The summed E-state index contributed by atoms with van der Waals surface area (Å²) in [5.74, 6) is -1.59. The van der Waals surface area contributed by atoms with Gasteiger partial charge >= 0.3 is 5.97 Å². The third-order valence-corrected chi connectivity index (χ3v) is 0.642. The summed E-state index contributed by atoms with van der Waals surface area (Å²) in [5.41, 5.74) is -0.0833. The Morgan fingerprint density at radius 2 is 0.842 bits per heavy atom. The quantitative estimate of drug-likeness (QED) is 0.660. The fraction of sp³-hybridized carbons (Fsp3) is 0.867. The first-order valence-corrected chi connectivity index (χ1v) is 6.11. The SMILES string of the molecule is C.CC.CC(=O)O.CC(C)(C)C.CC(C)(C)C(=O)O. The highest BCUT2D eigenvalue weighted by Crippen LogP contribution is 2.11. The molecule has 0 rings (SSSR count). The first-order valence-electron chi connectivity index (χ1n) is 6.11. The summed E-state index contributed by atoms with van der Waals surface area (Å²) in [6, 6.07) is 0. The maximum atomic E-state index is 10.0. The van der Waals surface area contributed by atoms with Crippen LogP contribution in [-0.4, -0.2) is 22.2 Å². The van der Waals surface area contributed by atoms with Crippen LogP contribution in [0.3, 0.4) is 0 Å². The molecule has 0 aliphatic carbocycles. The predicted octanol–water partition coefficient (Wildman–Crippen LogP) is 4.92. The standard InChI is InChI=1S/C5H10O2.C5H12.C2H4O2.C2H6.CH4/c1-5(2,3)4(6)7;1-5(2,3)4;1-2(3)4;1-2;/h1-3H3,(H,6,7);1-4H3;1H3,(H,3,4);1-2H3;1H4. The topological polar surface area (TPSA) is 74.6 Å². The maximum Gasteiger partial charge on any atom is 0.308 e. The molecule has 0 aliphatic rings. The molecule has 0 saturated heterocycles. The molecule has 0 spiro atoms. The first kappa shape index (κ1) is 30.7. The first-order chi connectivity index (χ1) is 7.68. The molecule has 0 aromatic carbocycles. The molecule has 0 saturated carbocycles. The van der Waals surface area contributed by atoms with E-state index in [0.29, 0.717) is 5.41 Å². The zero-order chi connectivity index (χ0) is 16.2. The van der Waals surface area contributed by atoms with Crippen molar-refractivity contribution in [1.29, 1.82) is 0 Å². The van der Waals surface area contributed by atoms with Crippen LogP contribution in [0.25, 0.3) is 0 Å². The molecular formula is C15H36O4. The molecule has 0 aromatic heterocycles. The second-order valence-corrected chi connectivity index (χ2v) is 6.07. The van der Waals surface area contributed by atoms with Crippen LogP contribution >= 0.6 is 0 Å². The molecule has 4 nitrogen and oxygen atoms in total. The van der Waals surface area contributed by atoms with Gasteiger partial charge in [0.15, 0.2) is 0 Å². The molecule has 120 valence electrons. The fourth-order valence-electron chi connectivity index (χ4n) is 0. The summed E-state index contributed by atoms with van der Waals surface area (Å²) >= 11 is 0. The van der Waals surface area contributed by atoms with E-state index in [2.05, 4.69) is 27.7 Å². The van der Waals surface area contributed by atoms with Gasteiger partial charge in [-0.15, -0.1) is 0 Å². The summed E-state index contributed by atoms with van der Waals surface area (Å²) in [5, 5.41) is 15.7. The molecule has 0 aliphatic heterocycles. The van der Waals surface area contributed by atoms with Crippen molar-refractivity contribution in [3.63, 3.8) is 0 Å². The maximum absolute atomic E-state index is 10.0. The highest BCUT2D eigenvalue weighted by Gasteiger charge is 2.18. The lowest BCUT2D eigenvalue weighted by molar-refractivity contribution is -0.145. The normalized spacial score (nSPS) is 8.95. The smallest absolute Gasteiger partial charge is 0.308 e. The molecular weight excluding hydrogens is 244 g/mol. The average molecular weight is 280 g/mol. The van der Waals surface area contributed by atoms with Gasteiger partial charge in [0.1, 0.15) is 0 Å². The van der Waals surface area contributed by atoms with Crippen molar-refractivity contribution in [2.24, 2.45) is 10.8 Å². The number of hydrogen-bond donors (Lipinski definition) is 2. The van der Waals surface area contributed by atoms with Crippen molar-refractivity contribution < 1.29 is 19.8 Å². The summed E-state index contributed by atoms with van der Waals surface area (Å²) in [6.45, 7) is 18.8. The van der Waals surface area contributed by atoms with E-state index in [1.54, 1.807) is 20.8 Å². The van der Waals surface area contributed by atoms with E-state index in [-0.39, 0.29) is 7.43 Å². The summed E-state index contributed by atoms with van der Waals surface area (Å²) in [6.07, 6.45) is 0. The minimum Gasteiger partial charge on any atom is -0.481 e. The van der Waals surface area contributed by atoms with Crippen molar-refractivity contribution in [2.45, 2.75) is 76.7 Å². The third-order valence-electron chi connectivity index (χ3n) is 0.642. The lowest BCUT2D eigenvalue weighted by Gasteiger charge is -2.08. The zero-order valence-electron chi connectivity index (χ0n) is 13.7. The molecule has 2 N–H and O–H groups in total. The van der Waals surface area contributed by atoms with Gasteiger partial charge in [-0.3, -0.25) is 9.59 Å². The molecule has 4 heteroatoms. The van der Waals surface area contributed by atoms with Crippen LogP contribution in [0, 0.1) is 10.8 Å². The van der Waals surface area contributed by atoms with Gasteiger partial charge in [0.05, 0.1) is 5.41 Å². The van der Waals surface area contributed by atoms with Crippen LogP contribution in [0.15, 0.2) is 0 Å². The summed E-state index contributed by atoms with van der Waals surface area (Å²) in [4.78, 5) is 19.0. The van der Waals surface area contributed by atoms with Crippen LogP contribution in [0.2, 0.25) is 0 Å². The number of carbonyl (C=O) groups is 2. The van der Waals surface area contributed by atoms with Crippen molar-refractivity contribution >= 4 is 11.9 Å². The Balaban J connectivity index is -0.0000000487. The molecule has 0 bridgehead atoms. The largest absolute Gasteiger partial charge is 0.481 e. The Morgan fingerprint density at radius 1 is 0.789 bits per heavy atom. The zero-order valence-corrected chi connectivity index (χ0v) is 13.7. The van der Waals surface area contributed by atoms with Crippen LogP contribution in [0.1, 0.15) is 76.7 Å². The molecule has 0 aromatic rings. The Labute approximate surface area is 120 Å². The van der Waals surface area contributed by atoms with E-state index in [1.165, 1.54) is 0 Å². The van der Waals surface area contributed by atoms with Crippen molar-refractivity contribution in [2.75, 3.05) is 0 Å². The Kier molecular flexibility index (Phi) is 24.3. The van der Waals surface area contributed by atoms with E-state index < -0.39 is 17.4 Å². The summed E-state index contributed by atoms with van der Waals surface area (Å²) in [7, 11) is 0. The third kappa shape index (κ3) is 155. The Hall–Kier alpha value is -1.06. The number of carboxylic acid groups (broad SMARTS) is 2. The number of rotatable bonds is 0. The Bertz CT molecular complexity index is 197. The van der Waals surface area contributed by atoms with Gasteiger partial charge in [-0.25, -0.2) is 0 Å². The molecule has 0 unspecified atom stereocenters. The van der Waals surface area contributed by atoms with Gasteiger partial charge in [0.2, 0.25) is 0 Å². The fourth-order valence-corrected chi connectivity index (χ4v) is 0.